The highest BCUT2D eigenvalue weighted by molar-refractivity contribution is 5.88. The molecule has 1 aliphatic rings. The lowest BCUT2D eigenvalue weighted by Crippen LogP contribution is -2.29. The van der Waals surface area contributed by atoms with Crippen LogP contribution in [0.25, 0.3) is 10.9 Å². The molecule has 0 aliphatic carbocycles. The zero-order chi connectivity index (χ0) is 21.1. The zero-order valence-corrected chi connectivity index (χ0v) is 18.0. The van der Waals surface area contributed by atoms with Gasteiger partial charge in [0.15, 0.2) is 11.5 Å². The topological polar surface area (TPSA) is 54.6 Å². The molecule has 0 spiro atoms. The van der Waals surface area contributed by atoms with Gasteiger partial charge in [-0.25, -0.2) is 0 Å². The van der Waals surface area contributed by atoms with Gasteiger partial charge in [-0.1, -0.05) is 37.3 Å². The third kappa shape index (κ3) is 3.64. The minimum Gasteiger partial charge on any atom is -0.493 e. The van der Waals surface area contributed by atoms with Gasteiger partial charge in [0.2, 0.25) is 5.91 Å². The molecule has 2 heterocycles. The van der Waals surface area contributed by atoms with Crippen LogP contribution in [0.2, 0.25) is 0 Å². The first-order valence-corrected chi connectivity index (χ1v) is 10.8. The Morgan fingerprint density at radius 3 is 2.53 bits per heavy atom. The van der Waals surface area contributed by atoms with Crippen LogP contribution < -0.4 is 9.47 Å². The first-order chi connectivity index (χ1) is 14.7. The van der Waals surface area contributed by atoms with Gasteiger partial charge in [0.05, 0.1) is 14.2 Å². The summed E-state index contributed by atoms with van der Waals surface area (Å²) in [5, 5.41) is 1.17. The standard InChI is InChI=1S/C25H30N2O3/c1-4-17-9-7-10-18-21(16-26-24(17)18)20(15-23(28)27-13-5-6-14-27)19-11-8-12-22(29-2)25(19)30-3/h7-12,16,20,26H,4-6,13-15H2,1-3H3/t20-/m0/s1. The van der Waals surface area contributed by atoms with E-state index in [0.717, 1.165) is 49.0 Å². The Kier molecular flexibility index (Phi) is 5.98. The van der Waals surface area contributed by atoms with Gasteiger partial charge in [-0.2, -0.15) is 0 Å². The number of carbonyl (C=O) groups excluding carboxylic acids is 1. The molecule has 3 aromatic rings. The Hall–Kier alpha value is -2.95. The van der Waals surface area contributed by atoms with E-state index in [1.807, 2.05) is 23.1 Å². The van der Waals surface area contributed by atoms with Gasteiger partial charge in [-0.3, -0.25) is 4.79 Å². The van der Waals surface area contributed by atoms with Crippen LogP contribution in [-0.4, -0.2) is 43.1 Å². The van der Waals surface area contributed by atoms with Crippen molar-refractivity contribution in [3.05, 3.63) is 59.3 Å². The lowest BCUT2D eigenvalue weighted by Gasteiger charge is -2.23. The monoisotopic (exact) mass is 406 g/mol. The summed E-state index contributed by atoms with van der Waals surface area (Å²) in [6.45, 7) is 3.87. The first kappa shape index (κ1) is 20.3. The number of aryl methyl sites for hydroxylation is 1. The molecule has 158 valence electrons. The Balaban J connectivity index is 1.84. The number of benzene rings is 2. The van der Waals surface area contributed by atoms with E-state index >= 15 is 0 Å². The van der Waals surface area contributed by atoms with Gasteiger partial charge in [-0.05, 0) is 36.5 Å². The maximum atomic E-state index is 13.2. The zero-order valence-electron chi connectivity index (χ0n) is 18.0. The maximum absolute atomic E-state index is 13.2. The largest absolute Gasteiger partial charge is 0.493 e. The van der Waals surface area contributed by atoms with E-state index in [1.54, 1.807) is 14.2 Å². The molecule has 1 aliphatic heterocycles. The Morgan fingerprint density at radius 2 is 1.83 bits per heavy atom. The summed E-state index contributed by atoms with van der Waals surface area (Å²) in [6.07, 6.45) is 5.60. The summed E-state index contributed by atoms with van der Waals surface area (Å²) in [6, 6.07) is 12.3. The number of ether oxygens (including phenoxy) is 2. The normalized spacial score (nSPS) is 14.8. The molecule has 0 unspecified atom stereocenters. The number of hydrogen-bond donors (Lipinski definition) is 1. The molecule has 1 fully saturated rings. The molecule has 5 heteroatoms. The predicted octanol–water partition coefficient (Wildman–Crippen LogP) is 4.89. The van der Waals surface area contributed by atoms with E-state index in [2.05, 4.69) is 36.3 Å². The number of aromatic amines is 1. The van der Waals surface area contributed by atoms with Gasteiger partial charge >= 0.3 is 0 Å². The highest BCUT2D eigenvalue weighted by atomic mass is 16.5. The minimum absolute atomic E-state index is 0.121. The van der Waals surface area contributed by atoms with Crippen LogP contribution in [0.5, 0.6) is 11.5 Å². The molecular formula is C25H30N2O3. The summed E-state index contributed by atoms with van der Waals surface area (Å²) < 4.78 is 11.3. The highest BCUT2D eigenvalue weighted by Crippen LogP contribution is 2.42. The first-order valence-electron chi connectivity index (χ1n) is 10.8. The Bertz CT molecular complexity index is 1030. The predicted molar refractivity (Wildman–Crippen MR) is 119 cm³/mol. The van der Waals surface area contributed by atoms with Gasteiger partial charge in [0.1, 0.15) is 0 Å². The van der Waals surface area contributed by atoms with Crippen LogP contribution in [0, 0.1) is 0 Å². The van der Waals surface area contributed by atoms with Crippen LogP contribution in [0.1, 0.15) is 48.8 Å². The van der Waals surface area contributed by atoms with E-state index in [1.165, 1.54) is 10.9 Å². The fourth-order valence-electron chi connectivity index (χ4n) is 4.67. The smallest absolute Gasteiger partial charge is 0.223 e. The highest BCUT2D eigenvalue weighted by Gasteiger charge is 2.29. The molecule has 1 atom stereocenters. The number of likely N-dealkylation sites (tertiary alicyclic amines) is 1. The number of hydrogen-bond acceptors (Lipinski definition) is 3. The van der Waals surface area contributed by atoms with E-state index in [9.17, 15) is 4.79 Å². The van der Waals surface area contributed by atoms with Crippen molar-refractivity contribution in [1.29, 1.82) is 0 Å². The number of H-pyrrole nitrogens is 1. The van der Waals surface area contributed by atoms with Crippen molar-refractivity contribution >= 4 is 16.8 Å². The summed E-state index contributed by atoms with van der Waals surface area (Å²) >= 11 is 0. The maximum Gasteiger partial charge on any atom is 0.223 e. The number of carbonyl (C=O) groups is 1. The van der Waals surface area contributed by atoms with Crippen LogP contribution in [-0.2, 0) is 11.2 Å². The fourth-order valence-corrected chi connectivity index (χ4v) is 4.67. The van der Waals surface area contributed by atoms with Gasteiger partial charge in [0.25, 0.3) is 0 Å². The number of rotatable bonds is 7. The summed E-state index contributed by atoms with van der Waals surface area (Å²) in [7, 11) is 3.30. The van der Waals surface area contributed by atoms with E-state index in [0.29, 0.717) is 17.9 Å². The van der Waals surface area contributed by atoms with Crippen molar-refractivity contribution in [3.63, 3.8) is 0 Å². The van der Waals surface area contributed by atoms with Gasteiger partial charge in [-0.15, -0.1) is 0 Å². The molecule has 1 aromatic heterocycles. The minimum atomic E-state index is -0.121. The average Bonchev–Trinajstić information content (AvgIpc) is 3.47. The Labute approximate surface area is 178 Å². The fraction of sp³-hybridized carbons (Fsp3) is 0.400. The van der Waals surface area contributed by atoms with Crippen molar-refractivity contribution < 1.29 is 14.3 Å². The number of amides is 1. The van der Waals surface area contributed by atoms with Crippen molar-refractivity contribution in [3.8, 4) is 11.5 Å². The lowest BCUT2D eigenvalue weighted by molar-refractivity contribution is -0.130. The number of aromatic nitrogens is 1. The second-order valence-electron chi connectivity index (χ2n) is 7.86. The van der Waals surface area contributed by atoms with Crippen LogP contribution in [0.3, 0.4) is 0 Å². The number of nitrogens with zero attached hydrogens (tertiary/aromatic N) is 1. The number of methoxy groups -OCH3 is 2. The van der Waals surface area contributed by atoms with Crippen LogP contribution in [0.4, 0.5) is 0 Å². The van der Waals surface area contributed by atoms with E-state index < -0.39 is 0 Å². The van der Waals surface area contributed by atoms with Gasteiger partial charge < -0.3 is 19.4 Å². The molecule has 0 bridgehead atoms. The van der Waals surface area contributed by atoms with Crippen molar-refractivity contribution in [1.82, 2.24) is 9.88 Å². The Morgan fingerprint density at radius 1 is 1.07 bits per heavy atom. The summed E-state index contributed by atoms with van der Waals surface area (Å²) in [5.41, 5.74) is 4.53. The van der Waals surface area contributed by atoms with Crippen molar-refractivity contribution in [2.24, 2.45) is 0 Å². The second-order valence-corrected chi connectivity index (χ2v) is 7.86. The third-order valence-electron chi connectivity index (χ3n) is 6.24. The average molecular weight is 407 g/mol. The summed E-state index contributed by atoms with van der Waals surface area (Å²) in [4.78, 5) is 18.6. The summed E-state index contributed by atoms with van der Waals surface area (Å²) in [5.74, 6) is 1.45. The molecule has 0 radical (unpaired) electrons. The molecular weight excluding hydrogens is 376 g/mol. The molecule has 4 rings (SSSR count). The van der Waals surface area contributed by atoms with E-state index in [-0.39, 0.29) is 11.8 Å². The molecule has 1 saturated heterocycles. The molecule has 2 aromatic carbocycles. The SMILES string of the molecule is CCc1cccc2c([C@@H](CC(=O)N3CCCC3)c3cccc(OC)c3OC)c[nH]c12. The van der Waals surface area contributed by atoms with E-state index in [4.69, 9.17) is 9.47 Å². The number of fused-ring (bicyclic) bond motifs is 1. The lowest BCUT2D eigenvalue weighted by atomic mass is 9.86. The second kappa shape index (κ2) is 8.82. The van der Waals surface area contributed by atoms with Gasteiger partial charge in [0, 0.05) is 48.1 Å². The van der Waals surface area contributed by atoms with Crippen molar-refractivity contribution in [2.75, 3.05) is 27.3 Å². The molecule has 5 nitrogen and oxygen atoms in total. The quantitative estimate of drug-likeness (QED) is 0.608. The van der Waals surface area contributed by atoms with Crippen LogP contribution >= 0.6 is 0 Å². The number of nitrogens with one attached hydrogen (secondary N) is 1. The number of para-hydroxylation sites is 2. The van der Waals surface area contributed by atoms with Crippen molar-refractivity contribution in [2.45, 2.75) is 38.5 Å². The molecule has 1 amide bonds. The van der Waals surface area contributed by atoms with Crippen LogP contribution in [0.15, 0.2) is 42.6 Å². The third-order valence-corrected chi connectivity index (χ3v) is 6.24. The molecule has 1 N–H and O–H groups in total. The molecule has 30 heavy (non-hydrogen) atoms. The molecule has 0 saturated carbocycles.